The Morgan fingerprint density at radius 3 is 2.58 bits per heavy atom. The van der Waals surface area contributed by atoms with Gasteiger partial charge < -0.3 is 4.74 Å². The van der Waals surface area contributed by atoms with Crippen LogP contribution in [0.4, 0.5) is 4.39 Å². The Morgan fingerprint density at radius 2 is 1.83 bits per heavy atom. The SMILES string of the molecule is C[Si](C)(C)CCOCn1cnc2c(-c3nccnc3F)ncnc21. The second-order valence-electron chi connectivity index (χ2n) is 6.65. The van der Waals surface area contributed by atoms with Crippen molar-refractivity contribution < 1.29 is 9.13 Å². The van der Waals surface area contributed by atoms with Crippen LogP contribution in [0.1, 0.15) is 0 Å². The summed E-state index contributed by atoms with van der Waals surface area (Å²) in [4.78, 5) is 20.3. The minimum absolute atomic E-state index is 0.0646. The summed E-state index contributed by atoms with van der Waals surface area (Å²) in [5.74, 6) is -0.682. The summed E-state index contributed by atoms with van der Waals surface area (Å²) in [7, 11) is -1.12. The summed E-state index contributed by atoms with van der Waals surface area (Å²) in [5, 5.41) is 0. The van der Waals surface area contributed by atoms with Crippen LogP contribution in [0.3, 0.4) is 0 Å². The van der Waals surface area contributed by atoms with Crippen LogP contribution in [0.25, 0.3) is 22.6 Å². The topological polar surface area (TPSA) is 78.6 Å². The highest BCUT2D eigenvalue weighted by atomic mass is 28.3. The molecule has 0 aliphatic heterocycles. The quantitative estimate of drug-likeness (QED) is 0.504. The van der Waals surface area contributed by atoms with Crippen LogP contribution < -0.4 is 0 Å². The zero-order valence-electron chi connectivity index (χ0n) is 13.9. The van der Waals surface area contributed by atoms with Crippen molar-refractivity contribution in [3.05, 3.63) is 31.0 Å². The van der Waals surface area contributed by atoms with Gasteiger partial charge in [-0.2, -0.15) is 4.39 Å². The van der Waals surface area contributed by atoms with Gasteiger partial charge in [0.1, 0.15) is 30.0 Å². The first-order chi connectivity index (χ1) is 11.5. The molecule has 0 unspecified atom stereocenters. The van der Waals surface area contributed by atoms with E-state index >= 15 is 0 Å². The molecule has 7 nitrogen and oxygen atoms in total. The molecule has 0 N–H and O–H groups in total. The first-order valence-electron chi connectivity index (χ1n) is 7.66. The third kappa shape index (κ3) is 3.62. The Balaban J connectivity index is 1.83. The maximum Gasteiger partial charge on any atom is 0.241 e. The van der Waals surface area contributed by atoms with E-state index < -0.39 is 14.0 Å². The zero-order valence-corrected chi connectivity index (χ0v) is 14.9. The van der Waals surface area contributed by atoms with Crippen LogP contribution in [-0.2, 0) is 11.5 Å². The van der Waals surface area contributed by atoms with E-state index in [2.05, 4.69) is 44.6 Å². The molecule has 0 fully saturated rings. The molecule has 9 heteroatoms. The zero-order chi connectivity index (χ0) is 17.2. The normalized spacial score (nSPS) is 12.0. The second kappa shape index (κ2) is 6.69. The third-order valence-corrected chi connectivity index (χ3v) is 5.21. The van der Waals surface area contributed by atoms with Crippen LogP contribution in [0.5, 0.6) is 0 Å². The lowest BCUT2D eigenvalue weighted by atomic mass is 10.3. The number of aromatic nitrogens is 6. The highest BCUT2D eigenvalue weighted by Crippen LogP contribution is 2.23. The van der Waals surface area contributed by atoms with Gasteiger partial charge in [-0.3, -0.25) is 4.57 Å². The Hall–Kier alpha value is -2.26. The van der Waals surface area contributed by atoms with E-state index in [0.717, 1.165) is 6.04 Å². The molecule has 0 aromatic carbocycles. The number of ether oxygens (including phenoxy) is 1. The van der Waals surface area contributed by atoms with Crippen molar-refractivity contribution in [3.8, 4) is 11.4 Å². The highest BCUT2D eigenvalue weighted by molar-refractivity contribution is 6.76. The maximum absolute atomic E-state index is 13.9. The summed E-state index contributed by atoms with van der Waals surface area (Å²) < 4.78 is 21.4. The molecule has 24 heavy (non-hydrogen) atoms. The van der Waals surface area contributed by atoms with Crippen LogP contribution >= 0.6 is 0 Å². The highest BCUT2D eigenvalue weighted by Gasteiger charge is 2.17. The van der Waals surface area contributed by atoms with Gasteiger partial charge in [0.15, 0.2) is 5.65 Å². The van der Waals surface area contributed by atoms with E-state index in [0.29, 0.717) is 30.2 Å². The minimum Gasteiger partial charge on any atom is -0.361 e. The van der Waals surface area contributed by atoms with Crippen molar-refractivity contribution in [1.82, 2.24) is 29.5 Å². The number of fused-ring (bicyclic) bond motifs is 1. The summed E-state index contributed by atoms with van der Waals surface area (Å²) in [6.07, 6.45) is 5.70. The van der Waals surface area contributed by atoms with E-state index in [1.54, 1.807) is 10.9 Å². The molecule has 0 aliphatic carbocycles. The predicted octanol–water partition coefficient (Wildman–Crippen LogP) is 2.73. The molecule has 0 radical (unpaired) electrons. The van der Waals surface area contributed by atoms with E-state index in [-0.39, 0.29) is 5.69 Å². The summed E-state index contributed by atoms with van der Waals surface area (Å²) >= 11 is 0. The number of hydrogen-bond acceptors (Lipinski definition) is 6. The molecule has 0 bridgehead atoms. The fourth-order valence-electron chi connectivity index (χ4n) is 2.17. The van der Waals surface area contributed by atoms with Crippen molar-refractivity contribution in [2.75, 3.05) is 6.61 Å². The van der Waals surface area contributed by atoms with Crippen molar-refractivity contribution in [2.45, 2.75) is 32.4 Å². The molecule has 126 valence electrons. The molecule has 0 atom stereocenters. The Labute approximate surface area is 140 Å². The summed E-state index contributed by atoms with van der Waals surface area (Å²) in [6.45, 7) is 7.96. The smallest absolute Gasteiger partial charge is 0.241 e. The summed E-state index contributed by atoms with van der Waals surface area (Å²) in [5.41, 5.74) is 1.45. The van der Waals surface area contributed by atoms with Crippen LogP contribution in [0.15, 0.2) is 25.0 Å². The van der Waals surface area contributed by atoms with E-state index in [1.165, 1.54) is 18.7 Å². The second-order valence-corrected chi connectivity index (χ2v) is 12.3. The molecular weight excluding hydrogens is 327 g/mol. The van der Waals surface area contributed by atoms with E-state index in [9.17, 15) is 4.39 Å². The lowest BCUT2D eigenvalue weighted by Gasteiger charge is -2.15. The number of hydrogen-bond donors (Lipinski definition) is 0. The number of rotatable bonds is 6. The summed E-state index contributed by atoms with van der Waals surface area (Å²) in [6, 6.07) is 1.09. The molecule has 0 amide bonds. The van der Waals surface area contributed by atoms with Crippen LogP contribution in [0.2, 0.25) is 25.7 Å². The molecule has 3 aromatic heterocycles. The Morgan fingerprint density at radius 1 is 1.04 bits per heavy atom. The van der Waals surface area contributed by atoms with Crippen LogP contribution in [0, 0.1) is 5.95 Å². The predicted molar refractivity (Wildman–Crippen MR) is 90.4 cm³/mol. The van der Waals surface area contributed by atoms with Crippen LogP contribution in [-0.4, -0.2) is 44.2 Å². The molecule has 0 aliphatic rings. The van der Waals surface area contributed by atoms with Crippen molar-refractivity contribution >= 4 is 19.2 Å². The fourth-order valence-corrected chi connectivity index (χ4v) is 2.93. The fraction of sp³-hybridized carbons (Fsp3) is 0.400. The first kappa shape index (κ1) is 16.6. The number of halogens is 1. The molecule has 0 saturated heterocycles. The van der Waals surface area contributed by atoms with Gasteiger partial charge in [-0.25, -0.2) is 24.9 Å². The van der Waals surface area contributed by atoms with Crippen molar-refractivity contribution in [3.63, 3.8) is 0 Å². The first-order valence-corrected chi connectivity index (χ1v) is 11.4. The molecule has 3 heterocycles. The van der Waals surface area contributed by atoms with Crippen molar-refractivity contribution in [2.24, 2.45) is 0 Å². The molecule has 0 spiro atoms. The van der Waals surface area contributed by atoms with E-state index in [4.69, 9.17) is 4.74 Å². The van der Waals surface area contributed by atoms with Gasteiger partial charge in [0.2, 0.25) is 5.95 Å². The minimum atomic E-state index is -1.12. The largest absolute Gasteiger partial charge is 0.361 e. The van der Waals surface area contributed by atoms with Gasteiger partial charge in [0.25, 0.3) is 0 Å². The van der Waals surface area contributed by atoms with Crippen molar-refractivity contribution in [1.29, 1.82) is 0 Å². The average Bonchev–Trinajstić information content (AvgIpc) is 2.94. The number of nitrogens with zero attached hydrogens (tertiary/aromatic N) is 6. The standard InChI is InChI=1S/C15H19FN6OSi/c1-24(2,3)7-6-23-10-22-9-21-13-11(19-8-20-15(13)22)12-14(16)18-5-4-17-12/h4-5,8-9H,6-7,10H2,1-3H3. The molecule has 3 rings (SSSR count). The van der Waals surface area contributed by atoms with Gasteiger partial charge >= 0.3 is 0 Å². The molecule has 0 saturated carbocycles. The monoisotopic (exact) mass is 346 g/mol. The Bertz CT molecular complexity index is 847. The van der Waals surface area contributed by atoms with Gasteiger partial charge in [0.05, 0.1) is 6.33 Å². The van der Waals surface area contributed by atoms with E-state index in [1.807, 2.05) is 0 Å². The lowest BCUT2D eigenvalue weighted by Crippen LogP contribution is -2.22. The maximum atomic E-state index is 13.9. The third-order valence-electron chi connectivity index (χ3n) is 3.51. The number of imidazole rings is 1. The molecule has 3 aromatic rings. The van der Waals surface area contributed by atoms with Gasteiger partial charge in [-0.1, -0.05) is 19.6 Å². The lowest BCUT2D eigenvalue weighted by molar-refractivity contribution is 0.0895. The van der Waals surface area contributed by atoms with Gasteiger partial charge in [0, 0.05) is 27.1 Å². The molecular formula is C15H19FN6OSi. The Kier molecular flexibility index (Phi) is 4.63. The van der Waals surface area contributed by atoms with Gasteiger partial charge in [-0.15, -0.1) is 0 Å². The average molecular weight is 346 g/mol. The van der Waals surface area contributed by atoms with Gasteiger partial charge in [-0.05, 0) is 6.04 Å².